The van der Waals surface area contributed by atoms with E-state index in [1.54, 1.807) is 92.7 Å². The van der Waals surface area contributed by atoms with Crippen molar-refractivity contribution in [2.75, 3.05) is 0 Å². The van der Waals surface area contributed by atoms with Gasteiger partial charge < -0.3 is 0 Å². The molecule has 0 bridgehead atoms. The number of aryl methyl sites for hydroxylation is 15. The molecule has 0 amide bonds. The molecule has 0 atom stereocenters. The Hall–Kier alpha value is -10.4. The van der Waals surface area contributed by atoms with Crippen LogP contribution in [0.1, 0.15) is 160 Å². The van der Waals surface area contributed by atoms with Crippen LogP contribution in [0.5, 0.6) is 0 Å². The molecular formula is C101H122N4+4. The minimum atomic E-state index is -2.30. The zero-order valence-electron chi connectivity index (χ0n) is 82.3. The summed E-state index contributed by atoms with van der Waals surface area (Å²) in [4.78, 5) is 0. The van der Waals surface area contributed by atoms with E-state index < -0.39 is 53.9 Å². The van der Waals surface area contributed by atoms with Gasteiger partial charge in [0.1, 0.15) is 28.2 Å². The first-order valence-electron chi connectivity index (χ1n) is 45.2. The summed E-state index contributed by atoms with van der Waals surface area (Å²) in [5, 5.41) is 0. The molecule has 4 heterocycles. The normalized spacial score (nSPS) is 14.7. The third-order valence-electron chi connectivity index (χ3n) is 18.0. The molecule has 13 rings (SSSR count). The average molecular weight is 1410 g/mol. The van der Waals surface area contributed by atoms with Crippen LogP contribution in [0.25, 0.3) is 101 Å². The monoisotopic (exact) mass is 1410 g/mol. The third kappa shape index (κ3) is 20.3. The minimum Gasteiger partial charge on any atom is -0.201 e. The Balaban J connectivity index is 0.000000261. The van der Waals surface area contributed by atoms with Crippen LogP contribution in [0.4, 0.5) is 0 Å². The summed E-state index contributed by atoms with van der Waals surface area (Å²) in [7, 11) is 7.44. The predicted octanol–water partition coefficient (Wildman–Crippen LogP) is 25.4. The molecule has 13 aromatic rings. The van der Waals surface area contributed by atoms with E-state index in [1.165, 1.54) is 0 Å². The fourth-order valence-corrected chi connectivity index (χ4v) is 12.7. The highest BCUT2D eigenvalue weighted by atomic mass is 14.9. The summed E-state index contributed by atoms with van der Waals surface area (Å²) >= 11 is 0. The van der Waals surface area contributed by atoms with E-state index in [-0.39, 0.29) is 52.7 Å². The molecule has 0 spiro atoms. The molecule has 9 aromatic carbocycles. The summed E-state index contributed by atoms with van der Waals surface area (Å²) in [5.41, 5.74) is 21.0. The van der Waals surface area contributed by atoms with E-state index in [2.05, 4.69) is 0 Å². The molecule has 542 valence electrons. The molecule has 0 fully saturated rings. The van der Waals surface area contributed by atoms with Gasteiger partial charge in [-0.25, -0.2) is 18.3 Å². The number of hydrogen-bond donors (Lipinski definition) is 0. The highest BCUT2D eigenvalue weighted by Crippen LogP contribution is 2.37. The number of benzene rings is 9. The number of aromatic nitrogens is 4. The fraction of sp³-hybridized carbons (Fsp3) is 0.267. The molecule has 0 radical (unpaired) electrons. The molecule has 4 nitrogen and oxygen atoms in total. The lowest BCUT2D eigenvalue weighted by Gasteiger charge is -2.16. The minimum absolute atomic E-state index is 0. The van der Waals surface area contributed by atoms with Crippen LogP contribution in [-0.2, 0) is 40.9 Å². The molecule has 105 heavy (non-hydrogen) atoms. The van der Waals surface area contributed by atoms with Crippen molar-refractivity contribution in [1.29, 1.82) is 0 Å². The van der Waals surface area contributed by atoms with Crippen LogP contribution in [0.3, 0.4) is 0 Å². The molecule has 0 aliphatic heterocycles. The van der Waals surface area contributed by atoms with Gasteiger partial charge in [0.2, 0.25) is 22.8 Å². The second-order valence-electron chi connectivity index (χ2n) is 26.5. The first-order chi connectivity index (χ1) is 57.2. The van der Waals surface area contributed by atoms with Crippen LogP contribution in [-0.4, -0.2) is 0 Å². The predicted molar refractivity (Wildman–Crippen MR) is 456 cm³/mol. The van der Waals surface area contributed by atoms with Gasteiger partial charge in [0, 0.05) is 99.4 Å². The first-order valence-corrected chi connectivity index (χ1v) is 34.2. The summed E-state index contributed by atoms with van der Waals surface area (Å²) in [6.07, 6.45) is 3.48. The maximum atomic E-state index is 8.88. The van der Waals surface area contributed by atoms with Crippen molar-refractivity contribution in [3.8, 4) is 101 Å². The summed E-state index contributed by atoms with van der Waals surface area (Å²) in [6, 6.07) is 73.6. The fourth-order valence-electron chi connectivity index (χ4n) is 12.7. The molecular weight excluding hydrogens is 1270 g/mol. The quantitative estimate of drug-likeness (QED) is 0.102. The lowest BCUT2D eigenvalue weighted by molar-refractivity contribution is -0.661. The maximum Gasteiger partial charge on any atom is 0.213 e. The summed E-state index contributed by atoms with van der Waals surface area (Å²) in [6.45, 7) is 3.16. The Bertz CT molecular complexity index is 5830. The van der Waals surface area contributed by atoms with Crippen molar-refractivity contribution in [2.45, 2.75) is 146 Å². The number of hydrogen-bond acceptors (Lipinski definition) is 0. The Labute approximate surface area is 666 Å². The zero-order valence-corrected chi connectivity index (χ0v) is 60.3. The lowest BCUT2D eigenvalue weighted by Crippen LogP contribution is -2.32. The van der Waals surface area contributed by atoms with Crippen LogP contribution >= 0.6 is 0 Å². The smallest absolute Gasteiger partial charge is 0.201 e. The Morgan fingerprint density at radius 2 is 0.543 bits per heavy atom. The first kappa shape index (κ1) is 56.0. The molecule has 0 aliphatic carbocycles. The number of pyridine rings is 4. The standard InChI is InChI=1S/C28H36N.C27H26N.C22H24N.C20H20N.4CH4/c1-19(2)13-24-16-28(29(7)18-25(24)14-20(3)4)27-17-26(21(5)15-22(27)6)23-11-9-8-10-12-23;1-19-15-20(2)26(16-24(19)22-11-7-5-8-12-22)27-17-25(21(3)18-28(27)4)23-13-9-6-10-14-23;1-15-12-22(23(5)14-18(15)4)21-13-20(16(2)11-17(21)3)19-9-7-6-8-10-19;1-15-13-16(2)19(20-11-7-8-12-21(20)3)14-18(15)17-9-5-4-6-10-17;;;;/h8-12,15-20H,13-14H2,1-7H3;5-18H,1-4H3;6-14H,1-5H3;4-14H,1-3H3;4*1H4/q4*+1;;;;/i5D3,13D2,14D2;1D3,3D3;2D3,4D3;1D3;;;;. The van der Waals surface area contributed by atoms with Crippen molar-refractivity contribution in [3.63, 3.8) is 0 Å². The molecule has 0 unspecified atom stereocenters. The Morgan fingerprint density at radius 1 is 0.257 bits per heavy atom. The molecule has 4 heteroatoms. The Kier molecular flexibility index (Phi) is 20.2. The number of nitrogens with zero attached hydrogens (tertiary/aromatic N) is 4. The van der Waals surface area contributed by atoms with Gasteiger partial charge in [-0.05, 0) is 242 Å². The van der Waals surface area contributed by atoms with Gasteiger partial charge in [0.05, 0.1) is 0 Å². The highest BCUT2D eigenvalue weighted by Gasteiger charge is 2.23. The van der Waals surface area contributed by atoms with E-state index in [0.29, 0.717) is 66.9 Å². The summed E-state index contributed by atoms with van der Waals surface area (Å²) < 4.78 is 186. The highest BCUT2D eigenvalue weighted by molar-refractivity contribution is 5.81. The molecule has 0 N–H and O–H groups in total. The number of rotatable bonds is 13. The zero-order chi connectivity index (χ0) is 90.8. The van der Waals surface area contributed by atoms with E-state index in [4.69, 9.17) is 30.2 Å². The maximum absolute atomic E-state index is 8.88. The van der Waals surface area contributed by atoms with Crippen molar-refractivity contribution < 1.29 is 48.4 Å². The van der Waals surface area contributed by atoms with E-state index in [0.717, 1.165) is 95.0 Å². The second-order valence-corrected chi connectivity index (χ2v) is 26.5. The van der Waals surface area contributed by atoms with Crippen molar-refractivity contribution in [2.24, 2.45) is 40.0 Å². The Morgan fingerprint density at radius 3 is 0.876 bits per heavy atom. The third-order valence-corrected chi connectivity index (χ3v) is 18.0. The van der Waals surface area contributed by atoms with Gasteiger partial charge in [-0.15, -0.1) is 0 Å². The van der Waals surface area contributed by atoms with E-state index >= 15 is 0 Å². The van der Waals surface area contributed by atoms with E-state index in [9.17, 15) is 0 Å². The van der Waals surface area contributed by atoms with Gasteiger partial charge in [0.25, 0.3) is 0 Å². The van der Waals surface area contributed by atoms with Crippen molar-refractivity contribution in [1.82, 2.24) is 0 Å². The molecule has 0 saturated carbocycles. The summed E-state index contributed by atoms with van der Waals surface area (Å²) in [5.74, 6) is -0.728. The van der Waals surface area contributed by atoms with Gasteiger partial charge in [0.15, 0.2) is 24.8 Å². The second kappa shape index (κ2) is 37.8. The van der Waals surface area contributed by atoms with E-state index in [1.807, 2.05) is 277 Å². The van der Waals surface area contributed by atoms with Crippen LogP contribution in [0.15, 0.2) is 261 Å². The topological polar surface area (TPSA) is 15.5 Å². The van der Waals surface area contributed by atoms with Gasteiger partial charge in [-0.3, -0.25) is 0 Å². The molecule has 4 aromatic heterocycles. The van der Waals surface area contributed by atoms with Crippen LogP contribution < -0.4 is 18.3 Å². The van der Waals surface area contributed by atoms with Gasteiger partial charge in [-0.2, -0.15) is 0 Å². The lowest BCUT2D eigenvalue weighted by atomic mass is 9.90. The molecule has 0 aliphatic rings. The van der Waals surface area contributed by atoms with Crippen LogP contribution in [0.2, 0.25) is 0 Å². The van der Waals surface area contributed by atoms with Gasteiger partial charge in [-0.1, -0.05) is 233 Å². The van der Waals surface area contributed by atoms with Gasteiger partial charge >= 0.3 is 0 Å². The average Bonchev–Trinajstić information content (AvgIpc) is 0.751. The van der Waals surface area contributed by atoms with Crippen LogP contribution in [0, 0.1) is 87.6 Å². The largest absolute Gasteiger partial charge is 0.213 e. The SMILES string of the molecule is C.C.C.C.[2H]C([2H])([2H])c1c[n+](C)c(-c2cc(-c3ccccc3)c(C([2H])([2H])[2H])cc2C)cc1C.[2H]C([2H])([2H])c1cc(C)c(-c2cc(-c3ccccc3)c(C([2H])([2H])[2H])c[n+]2C)cc1-c1ccccc1.[2H]C([2H])([2H])c1cc(C)c(-c2cc(C([2H])([2H])C(C)C)c(C([2H])([2H])C(C)C)c[n+]2C)cc1-c1ccccc1.[2H]C([2H])([2H])c1cc(C)c(-c2cccc[n+]2C)cc1-c1ccccc1. The van der Waals surface area contributed by atoms with Crippen molar-refractivity contribution in [3.05, 3.63) is 334 Å². The molecule has 0 saturated heterocycles. The van der Waals surface area contributed by atoms with Crippen molar-refractivity contribution >= 4 is 0 Å².